The van der Waals surface area contributed by atoms with E-state index in [2.05, 4.69) is 4.57 Å². The zero-order valence-corrected chi connectivity index (χ0v) is 10.4. The lowest BCUT2D eigenvalue weighted by Gasteiger charge is -2.21. The summed E-state index contributed by atoms with van der Waals surface area (Å²) in [6.45, 7) is 6.30. The molecule has 3 nitrogen and oxygen atoms in total. The van der Waals surface area contributed by atoms with Crippen molar-refractivity contribution >= 4 is 16.9 Å². The van der Waals surface area contributed by atoms with Crippen molar-refractivity contribution in [1.29, 1.82) is 0 Å². The van der Waals surface area contributed by atoms with Gasteiger partial charge in [-0.15, -0.1) is 0 Å². The Labute approximate surface area is 101 Å². The van der Waals surface area contributed by atoms with Crippen molar-refractivity contribution in [2.45, 2.75) is 32.7 Å². The van der Waals surface area contributed by atoms with Crippen molar-refractivity contribution in [3.05, 3.63) is 36.0 Å². The van der Waals surface area contributed by atoms with Crippen LogP contribution in [0.25, 0.3) is 10.9 Å². The SMILES string of the molecule is CCn1c(C(C)(C)C(=O)O)cc2ccccc21. The molecule has 0 aliphatic heterocycles. The van der Waals surface area contributed by atoms with Gasteiger partial charge in [0.25, 0.3) is 0 Å². The minimum absolute atomic E-state index is 0.777. The summed E-state index contributed by atoms with van der Waals surface area (Å²) in [6.07, 6.45) is 0. The summed E-state index contributed by atoms with van der Waals surface area (Å²) in [5.74, 6) is -0.796. The van der Waals surface area contributed by atoms with Gasteiger partial charge in [-0.2, -0.15) is 0 Å². The number of nitrogens with zero attached hydrogens (tertiary/aromatic N) is 1. The van der Waals surface area contributed by atoms with Crippen LogP contribution >= 0.6 is 0 Å². The number of rotatable bonds is 3. The first-order valence-corrected chi connectivity index (χ1v) is 5.80. The van der Waals surface area contributed by atoms with E-state index in [4.69, 9.17) is 0 Å². The third-order valence-corrected chi connectivity index (χ3v) is 3.30. The molecule has 17 heavy (non-hydrogen) atoms. The van der Waals surface area contributed by atoms with Gasteiger partial charge in [0, 0.05) is 17.8 Å². The van der Waals surface area contributed by atoms with Crippen molar-refractivity contribution in [2.75, 3.05) is 0 Å². The second kappa shape index (κ2) is 3.91. The Morgan fingerprint density at radius 1 is 1.35 bits per heavy atom. The number of para-hydroxylation sites is 1. The van der Waals surface area contributed by atoms with E-state index < -0.39 is 11.4 Å². The third kappa shape index (κ3) is 1.71. The quantitative estimate of drug-likeness (QED) is 0.882. The lowest BCUT2D eigenvalue weighted by molar-refractivity contribution is -0.142. The van der Waals surface area contributed by atoms with Gasteiger partial charge >= 0.3 is 5.97 Å². The molecule has 0 radical (unpaired) electrons. The molecule has 1 N–H and O–H groups in total. The molecular formula is C14H17NO2. The monoisotopic (exact) mass is 231 g/mol. The first-order chi connectivity index (χ1) is 7.98. The van der Waals surface area contributed by atoms with E-state index in [1.165, 1.54) is 0 Å². The number of carboxylic acid groups (broad SMARTS) is 1. The Kier molecular flexibility index (Phi) is 2.69. The van der Waals surface area contributed by atoms with Crippen LogP contribution in [0.5, 0.6) is 0 Å². The van der Waals surface area contributed by atoms with E-state index in [-0.39, 0.29) is 0 Å². The number of carbonyl (C=O) groups is 1. The summed E-state index contributed by atoms with van der Waals surface area (Å²) in [5, 5.41) is 10.4. The van der Waals surface area contributed by atoms with Crippen molar-refractivity contribution in [3.8, 4) is 0 Å². The Morgan fingerprint density at radius 2 is 2.00 bits per heavy atom. The summed E-state index contributed by atoms with van der Waals surface area (Å²) in [6, 6.07) is 9.97. The van der Waals surface area contributed by atoms with E-state index in [0.717, 1.165) is 23.1 Å². The summed E-state index contributed by atoms with van der Waals surface area (Å²) in [5.41, 5.74) is 1.09. The molecule has 0 bridgehead atoms. The Balaban J connectivity index is 2.74. The van der Waals surface area contributed by atoms with Crippen LogP contribution < -0.4 is 0 Å². The first kappa shape index (κ1) is 11.7. The molecule has 1 aromatic heterocycles. The molecule has 0 amide bonds. The Hall–Kier alpha value is -1.77. The van der Waals surface area contributed by atoms with Crippen LogP contribution in [-0.2, 0) is 16.8 Å². The second-order valence-corrected chi connectivity index (χ2v) is 4.76. The summed E-state index contributed by atoms with van der Waals surface area (Å²) >= 11 is 0. The maximum absolute atomic E-state index is 11.4. The number of hydrogen-bond donors (Lipinski definition) is 1. The molecule has 0 unspecified atom stereocenters. The van der Waals surface area contributed by atoms with E-state index in [1.54, 1.807) is 13.8 Å². The molecule has 3 heteroatoms. The molecule has 0 fully saturated rings. The topological polar surface area (TPSA) is 42.2 Å². The van der Waals surface area contributed by atoms with Gasteiger partial charge in [0.05, 0.1) is 0 Å². The predicted octanol–water partition coefficient (Wildman–Crippen LogP) is 3.02. The van der Waals surface area contributed by atoms with E-state index in [9.17, 15) is 9.90 Å². The van der Waals surface area contributed by atoms with Crippen LogP contribution in [0.4, 0.5) is 0 Å². The molecule has 90 valence electrons. The lowest BCUT2D eigenvalue weighted by Crippen LogP contribution is -2.31. The maximum atomic E-state index is 11.4. The highest BCUT2D eigenvalue weighted by atomic mass is 16.4. The predicted molar refractivity (Wildman–Crippen MR) is 68.3 cm³/mol. The Morgan fingerprint density at radius 3 is 2.59 bits per heavy atom. The van der Waals surface area contributed by atoms with Crippen molar-refractivity contribution in [1.82, 2.24) is 4.57 Å². The molecular weight excluding hydrogens is 214 g/mol. The van der Waals surface area contributed by atoms with Crippen molar-refractivity contribution < 1.29 is 9.90 Å². The normalized spacial score (nSPS) is 11.9. The number of hydrogen-bond acceptors (Lipinski definition) is 1. The number of aliphatic carboxylic acids is 1. The van der Waals surface area contributed by atoms with Crippen LogP contribution in [-0.4, -0.2) is 15.6 Å². The highest BCUT2D eigenvalue weighted by Gasteiger charge is 2.32. The van der Waals surface area contributed by atoms with Crippen LogP contribution in [0.2, 0.25) is 0 Å². The van der Waals surface area contributed by atoms with Crippen LogP contribution in [0.3, 0.4) is 0 Å². The fraction of sp³-hybridized carbons (Fsp3) is 0.357. The molecule has 0 saturated carbocycles. The van der Waals surface area contributed by atoms with Gasteiger partial charge in [0.2, 0.25) is 0 Å². The molecule has 0 saturated heterocycles. The van der Waals surface area contributed by atoms with Crippen LogP contribution in [0.15, 0.2) is 30.3 Å². The molecule has 2 aromatic rings. The molecule has 2 rings (SSSR count). The number of carboxylic acids is 1. The van der Waals surface area contributed by atoms with Gasteiger partial charge < -0.3 is 9.67 Å². The number of benzene rings is 1. The summed E-state index contributed by atoms with van der Waals surface area (Å²) < 4.78 is 2.07. The van der Waals surface area contributed by atoms with Gasteiger partial charge in [-0.3, -0.25) is 4.79 Å². The van der Waals surface area contributed by atoms with E-state index in [1.807, 2.05) is 37.3 Å². The highest BCUT2D eigenvalue weighted by Crippen LogP contribution is 2.30. The highest BCUT2D eigenvalue weighted by molar-refractivity contribution is 5.86. The molecule has 0 aliphatic carbocycles. The van der Waals surface area contributed by atoms with Gasteiger partial charge in [-0.25, -0.2) is 0 Å². The molecule has 0 aliphatic rings. The molecule has 0 spiro atoms. The maximum Gasteiger partial charge on any atom is 0.315 e. The lowest BCUT2D eigenvalue weighted by atomic mass is 9.89. The minimum atomic E-state index is -0.866. The zero-order chi connectivity index (χ0) is 12.6. The minimum Gasteiger partial charge on any atom is -0.481 e. The fourth-order valence-corrected chi connectivity index (χ4v) is 2.18. The average Bonchev–Trinajstić information content (AvgIpc) is 2.67. The molecule has 1 aromatic carbocycles. The van der Waals surface area contributed by atoms with Gasteiger partial charge in [-0.1, -0.05) is 18.2 Å². The van der Waals surface area contributed by atoms with Gasteiger partial charge in [0.1, 0.15) is 5.41 Å². The third-order valence-electron chi connectivity index (χ3n) is 3.30. The summed E-state index contributed by atoms with van der Waals surface area (Å²) in [4.78, 5) is 11.4. The van der Waals surface area contributed by atoms with E-state index >= 15 is 0 Å². The van der Waals surface area contributed by atoms with Crippen LogP contribution in [0.1, 0.15) is 26.5 Å². The average molecular weight is 231 g/mol. The molecule has 1 heterocycles. The van der Waals surface area contributed by atoms with Gasteiger partial charge in [-0.05, 0) is 38.3 Å². The first-order valence-electron chi connectivity index (χ1n) is 5.80. The second-order valence-electron chi connectivity index (χ2n) is 4.76. The standard InChI is InChI=1S/C14H17NO2/c1-4-15-11-8-6-5-7-10(11)9-12(15)14(2,3)13(16)17/h5-9H,4H2,1-3H3,(H,16,17). The Bertz CT molecular complexity index is 567. The number of aryl methyl sites for hydroxylation is 1. The largest absolute Gasteiger partial charge is 0.481 e. The van der Waals surface area contributed by atoms with Gasteiger partial charge in [0.15, 0.2) is 0 Å². The zero-order valence-electron chi connectivity index (χ0n) is 10.4. The van der Waals surface area contributed by atoms with Crippen molar-refractivity contribution in [2.24, 2.45) is 0 Å². The van der Waals surface area contributed by atoms with Crippen LogP contribution in [0, 0.1) is 0 Å². The van der Waals surface area contributed by atoms with Crippen molar-refractivity contribution in [3.63, 3.8) is 0 Å². The number of aromatic nitrogens is 1. The molecule has 0 atom stereocenters. The summed E-state index contributed by atoms with van der Waals surface area (Å²) in [7, 11) is 0. The smallest absolute Gasteiger partial charge is 0.315 e. The van der Waals surface area contributed by atoms with E-state index in [0.29, 0.717) is 0 Å². The fourth-order valence-electron chi connectivity index (χ4n) is 2.18. The number of fused-ring (bicyclic) bond motifs is 1.